The Morgan fingerprint density at radius 3 is 2.50 bits per heavy atom. The molecule has 1 heterocycles. The molecule has 0 fully saturated rings. The molecule has 1 amide bonds. The van der Waals surface area contributed by atoms with Gasteiger partial charge in [0.1, 0.15) is 0 Å². The molecule has 3 aromatic rings. The van der Waals surface area contributed by atoms with E-state index >= 15 is 0 Å². The van der Waals surface area contributed by atoms with Crippen molar-refractivity contribution in [2.75, 3.05) is 14.2 Å². The van der Waals surface area contributed by atoms with E-state index in [1.807, 2.05) is 32.0 Å². The summed E-state index contributed by atoms with van der Waals surface area (Å²) in [5, 5.41) is 3.69. The van der Waals surface area contributed by atoms with Crippen LogP contribution in [0.3, 0.4) is 0 Å². The lowest BCUT2D eigenvalue weighted by atomic mass is 10.0. The fraction of sp³-hybridized carbons (Fsp3) is 0.333. The zero-order chi connectivity index (χ0) is 21.7. The summed E-state index contributed by atoms with van der Waals surface area (Å²) in [6.07, 6.45) is 1.66. The summed E-state index contributed by atoms with van der Waals surface area (Å²) in [4.78, 5) is 25.2. The molecule has 0 aliphatic rings. The highest BCUT2D eigenvalue weighted by atomic mass is 16.5. The molecular formula is C24H27NO5. The molecule has 158 valence electrons. The predicted octanol–water partition coefficient (Wildman–Crippen LogP) is 3.80. The number of methoxy groups -OCH3 is 2. The monoisotopic (exact) mass is 409 g/mol. The SMILES string of the molecule is COc1ccc2c(C)c(CC(=O)NC(C)CCc3ccccc3)c(=O)oc2c1OC. The van der Waals surface area contributed by atoms with Gasteiger partial charge in [-0.05, 0) is 49.9 Å². The first-order chi connectivity index (χ1) is 14.4. The van der Waals surface area contributed by atoms with Gasteiger partial charge in [-0.1, -0.05) is 30.3 Å². The van der Waals surface area contributed by atoms with Crippen LogP contribution in [0.1, 0.15) is 30.0 Å². The Labute approximate surface area is 175 Å². The molecule has 0 radical (unpaired) electrons. The van der Waals surface area contributed by atoms with Crippen LogP contribution in [0.4, 0.5) is 0 Å². The maximum Gasteiger partial charge on any atom is 0.340 e. The van der Waals surface area contributed by atoms with Gasteiger partial charge in [0.15, 0.2) is 11.3 Å². The minimum absolute atomic E-state index is 0.00475. The molecule has 0 bridgehead atoms. The lowest BCUT2D eigenvalue weighted by Crippen LogP contribution is -2.35. The molecule has 0 saturated carbocycles. The van der Waals surface area contributed by atoms with Crippen LogP contribution in [0, 0.1) is 6.92 Å². The van der Waals surface area contributed by atoms with Gasteiger partial charge < -0.3 is 19.2 Å². The van der Waals surface area contributed by atoms with Crippen LogP contribution in [0.2, 0.25) is 0 Å². The molecule has 6 nitrogen and oxygen atoms in total. The molecule has 1 atom stereocenters. The summed E-state index contributed by atoms with van der Waals surface area (Å²) in [6.45, 7) is 3.78. The van der Waals surface area contributed by atoms with E-state index in [1.165, 1.54) is 19.8 Å². The van der Waals surface area contributed by atoms with Crippen molar-refractivity contribution in [3.63, 3.8) is 0 Å². The van der Waals surface area contributed by atoms with Gasteiger partial charge in [-0.3, -0.25) is 4.79 Å². The van der Waals surface area contributed by atoms with E-state index in [0.717, 1.165) is 12.8 Å². The van der Waals surface area contributed by atoms with E-state index in [-0.39, 0.29) is 18.4 Å². The number of hydrogen-bond acceptors (Lipinski definition) is 5. The number of benzene rings is 2. The molecular weight excluding hydrogens is 382 g/mol. The van der Waals surface area contributed by atoms with Crippen molar-refractivity contribution in [2.24, 2.45) is 0 Å². The molecule has 1 unspecified atom stereocenters. The van der Waals surface area contributed by atoms with Gasteiger partial charge in [0, 0.05) is 11.4 Å². The van der Waals surface area contributed by atoms with Gasteiger partial charge in [0.05, 0.1) is 26.2 Å². The van der Waals surface area contributed by atoms with Gasteiger partial charge in [-0.15, -0.1) is 0 Å². The second kappa shape index (κ2) is 9.48. The summed E-state index contributed by atoms with van der Waals surface area (Å²) in [5.74, 6) is 0.636. The number of rotatable bonds is 8. The quantitative estimate of drug-likeness (QED) is 0.573. The first-order valence-electron chi connectivity index (χ1n) is 9.95. The number of hydrogen-bond donors (Lipinski definition) is 1. The van der Waals surface area contributed by atoms with Crippen molar-refractivity contribution < 1.29 is 18.7 Å². The molecule has 0 saturated heterocycles. The number of carbonyl (C=O) groups excluding carboxylic acids is 1. The van der Waals surface area contributed by atoms with Gasteiger partial charge in [0.2, 0.25) is 11.7 Å². The van der Waals surface area contributed by atoms with Crippen molar-refractivity contribution in [1.29, 1.82) is 0 Å². The molecule has 2 aromatic carbocycles. The van der Waals surface area contributed by atoms with E-state index in [9.17, 15) is 9.59 Å². The lowest BCUT2D eigenvalue weighted by Gasteiger charge is -2.15. The number of nitrogens with one attached hydrogen (secondary N) is 1. The summed E-state index contributed by atoms with van der Waals surface area (Å²) >= 11 is 0. The number of carbonyl (C=O) groups is 1. The highest BCUT2D eigenvalue weighted by Gasteiger charge is 2.20. The first kappa shape index (κ1) is 21.4. The van der Waals surface area contributed by atoms with E-state index in [1.54, 1.807) is 12.1 Å². The standard InChI is InChI=1S/C24H27NO5/c1-15(10-11-17-8-6-5-7-9-17)25-21(26)14-19-16(2)18-12-13-20(28-3)23(29-4)22(18)30-24(19)27/h5-9,12-13,15H,10-11,14H2,1-4H3,(H,25,26). The van der Waals surface area contributed by atoms with Crippen LogP contribution in [-0.2, 0) is 17.6 Å². The Morgan fingerprint density at radius 2 is 1.83 bits per heavy atom. The topological polar surface area (TPSA) is 77.8 Å². The predicted molar refractivity (Wildman–Crippen MR) is 116 cm³/mol. The Morgan fingerprint density at radius 1 is 1.10 bits per heavy atom. The molecule has 6 heteroatoms. The summed E-state index contributed by atoms with van der Waals surface area (Å²) in [6, 6.07) is 13.7. The molecule has 30 heavy (non-hydrogen) atoms. The van der Waals surface area contributed by atoms with Crippen LogP contribution in [-0.4, -0.2) is 26.2 Å². The average Bonchev–Trinajstić information content (AvgIpc) is 2.75. The van der Waals surface area contributed by atoms with E-state index in [2.05, 4.69) is 17.4 Å². The first-order valence-corrected chi connectivity index (χ1v) is 9.95. The minimum Gasteiger partial charge on any atom is -0.493 e. The van der Waals surface area contributed by atoms with E-state index in [0.29, 0.717) is 33.6 Å². The lowest BCUT2D eigenvalue weighted by molar-refractivity contribution is -0.121. The third-order valence-electron chi connectivity index (χ3n) is 5.25. The largest absolute Gasteiger partial charge is 0.493 e. The number of fused-ring (bicyclic) bond motifs is 1. The molecule has 1 N–H and O–H groups in total. The van der Waals surface area contributed by atoms with Crippen LogP contribution in [0.15, 0.2) is 51.7 Å². The summed E-state index contributed by atoms with van der Waals surface area (Å²) < 4.78 is 16.1. The fourth-order valence-corrected chi connectivity index (χ4v) is 3.56. The number of aryl methyl sites for hydroxylation is 2. The molecule has 3 rings (SSSR count). The smallest absolute Gasteiger partial charge is 0.340 e. The second-order valence-corrected chi connectivity index (χ2v) is 7.34. The van der Waals surface area contributed by atoms with E-state index in [4.69, 9.17) is 13.9 Å². The average molecular weight is 409 g/mol. The van der Waals surface area contributed by atoms with Crippen molar-refractivity contribution >= 4 is 16.9 Å². The molecule has 0 spiro atoms. The van der Waals surface area contributed by atoms with Gasteiger partial charge >= 0.3 is 5.63 Å². The number of ether oxygens (including phenoxy) is 2. The Hall–Kier alpha value is -3.28. The highest BCUT2D eigenvalue weighted by Crippen LogP contribution is 2.36. The second-order valence-electron chi connectivity index (χ2n) is 7.34. The maximum absolute atomic E-state index is 12.6. The normalized spacial score (nSPS) is 11.9. The molecule has 1 aromatic heterocycles. The van der Waals surface area contributed by atoms with Crippen LogP contribution in [0.25, 0.3) is 11.0 Å². The van der Waals surface area contributed by atoms with Crippen molar-refractivity contribution in [1.82, 2.24) is 5.32 Å². The van der Waals surface area contributed by atoms with E-state index < -0.39 is 5.63 Å². The highest BCUT2D eigenvalue weighted by molar-refractivity contribution is 5.89. The van der Waals surface area contributed by atoms with Crippen molar-refractivity contribution in [3.05, 3.63) is 69.6 Å². The third-order valence-corrected chi connectivity index (χ3v) is 5.25. The minimum atomic E-state index is -0.543. The zero-order valence-electron chi connectivity index (χ0n) is 17.8. The molecule has 0 aliphatic heterocycles. The van der Waals surface area contributed by atoms with Gasteiger partial charge in [-0.2, -0.15) is 0 Å². The fourth-order valence-electron chi connectivity index (χ4n) is 3.56. The van der Waals surface area contributed by atoms with Crippen LogP contribution >= 0.6 is 0 Å². The summed E-state index contributed by atoms with van der Waals surface area (Å²) in [5.41, 5.74) is 2.06. The van der Waals surface area contributed by atoms with Crippen molar-refractivity contribution in [2.45, 2.75) is 39.2 Å². The van der Waals surface area contributed by atoms with Crippen LogP contribution < -0.4 is 20.4 Å². The van der Waals surface area contributed by atoms with Crippen LogP contribution in [0.5, 0.6) is 11.5 Å². The Bertz CT molecular complexity index is 1090. The van der Waals surface area contributed by atoms with Gasteiger partial charge in [0.25, 0.3) is 0 Å². The van der Waals surface area contributed by atoms with Crippen molar-refractivity contribution in [3.8, 4) is 11.5 Å². The number of amides is 1. The summed E-state index contributed by atoms with van der Waals surface area (Å²) in [7, 11) is 3.01. The molecule has 0 aliphatic carbocycles. The Kier molecular flexibility index (Phi) is 6.77. The van der Waals surface area contributed by atoms with Gasteiger partial charge in [-0.25, -0.2) is 4.79 Å². The Balaban J connectivity index is 1.75. The maximum atomic E-state index is 12.6. The zero-order valence-corrected chi connectivity index (χ0v) is 17.8. The third kappa shape index (κ3) is 4.64.